The van der Waals surface area contributed by atoms with E-state index in [9.17, 15) is 14.4 Å². The van der Waals surface area contributed by atoms with Gasteiger partial charge in [-0.15, -0.1) is 0 Å². The van der Waals surface area contributed by atoms with Crippen molar-refractivity contribution in [2.24, 2.45) is 16.7 Å². The molecule has 3 aliphatic carbocycles. The monoisotopic (exact) mass is 695 g/mol. The summed E-state index contributed by atoms with van der Waals surface area (Å²) >= 11 is 3.41. The minimum Gasteiger partial charge on any atom is -0.325 e. The van der Waals surface area contributed by atoms with Crippen LogP contribution < -0.4 is 5.32 Å². The molecule has 8 rings (SSSR count). The Kier molecular flexibility index (Phi) is 6.95. The average Bonchev–Trinajstić information content (AvgIpc) is 3.88. The van der Waals surface area contributed by atoms with Gasteiger partial charge in [-0.3, -0.25) is 19.1 Å². The molecular formula is C36H38BrN7O3. The van der Waals surface area contributed by atoms with Crippen LogP contribution >= 0.6 is 15.9 Å². The fraction of sp³-hybridized carbons (Fsp3) is 0.472. The molecule has 0 bridgehead atoms. The van der Waals surface area contributed by atoms with E-state index in [-0.39, 0.29) is 35.6 Å². The Morgan fingerprint density at radius 3 is 2.43 bits per heavy atom. The fourth-order valence-corrected chi connectivity index (χ4v) is 8.94. The van der Waals surface area contributed by atoms with Crippen molar-refractivity contribution in [2.75, 3.05) is 5.32 Å². The highest BCUT2D eigenvalue weighted by molar-refractivity contribution is 9.10. The number of likely N-dealkylation sites (tertiary alicyclic amines) is 1. The van der Waals surface area contributed by atoms with Crippen molar-refractivity contribution in [1.82, 2.24) is 29.6 Å². The van der Waals surface area contributed by atoms with Crippen LogP contribution in [0.3, 0.4) is 0 Å². The van der Waals surface area contributed by atoms with Gasteiger partial charge in [0.15, 0.2) is 5.78 Å². The van der Waals surface area contributed by atoms with E-state index in [0.717, 1.165) is 40.6 Å². The van der Waals surface area contributed by atoms with E-state index < -0.39 is 6.04 Å². The number of ketones is 1. The predicted molar refractivity (Wildman–Crippen MR) is 181 cm³/mol. The third kappa shape index (κ3) is 5.27. The van der Waals surface area contributed by atoms with Gasteiger partial charge in [-0.25, -0.2) is 15.0 Å². The normalized spacial score (nSPS) is 23.9. The van der Waals surface area contributed by atoms with Gasteiger partial charge in [0.2, 0.25) is 11.8 Å². The molecule has 4 aromatic rings. The molecule has 47 heavy (non-hydrogen) atoms. The highest BCUT2D eigenvalue weighted by Gasteiger charge is 2.68. The highest BCUT2D eigenvalue weighted by Crippen LogP contribution is 2.70. The van der Waals surface area contributed by atoms with Crippen molar-refractivity contribution in [1.29, 1.82) is 0 Å². The zero-order valence-electron chi connectivity index (χ0n) is 27.1. The minimum absolute atomic E-state index is 0.0176. The number of Topliss-reactive ketones (excluding diaryl/α,β-unsaturated/α-hetero) is 1. The number of hydrogen-bond donors (Lipinski definition) is 1. The van der Waals surface area contributed by atoms with Gasteiger partial charge in [0, 0.05) is 36.3 Å². The molecular weight excluding hydrogens is 658 g/mol. The maximum absolute atomic E-state index is 14.4. The Labute approximate surface area is 281 Å². The summed E-state index contributed by atoms with van der Waals surface area (Å²) in [5, 5.41) is 8.41. The number of halogens is 1. The summed E-state index contributed by atoms with van der Waals surface area (Å²) in [6.07, 6.45) is 11.5. The molecule has 11 heteroatoms. The number of hydrogen-bond acceptors (Lipinski definition) is 7. The van der Waals surface area contributed by atoms with Crippen LogP contribution in [-0.4, -0.2) is 59.3 Å². The second kappa shape index (κ2) is 10.8. The second-order valence-electron chi connectivity index (χ2n) is 14.6. The van der Waals surface area contributed by atoms with Crippen molar-refractivity contribution >= 4 is 50.2 Å². The molecule has 1 aromatic carbocycles. The second-order valence-corrected chi connectivity index (χ2v) is 15.5. The van der Waals surface area contributed by atoms with Gasteiger partial charge in [0.1, 0.15) is 34.5 Å². The number of carbonyl (C=O) groups is 3. The maximum atomic E-state index is 14.4. The van der Waals surface area contributed by atoms with Crippen LogP contribution in [0.25, 0.3) is 22.0 Å². The van der Waals surface area contributed by atoms with E-state index in [1.54, 1.807) is 17.1 Å². The van der Waals surface area contributed by atoms with Gasteiger partial charge < -0.3 is 10.2 Å². The third-order valence-electron chi connectivity index (χ3n) is 11.2. The van der Waals surface area contributed by atoms with E-state index in [4.69, 9.17) is 5.10 Å². The largest absolute Gasteiger partial charge is 0.325 e. The summed E-state index contributed by atoms with van der Waals surface area (Å²) in [6, 6.07) is 7.12. The van der Waals surface area contributed by atoms with Crippen LogP contribution in [0.2, 0.25) is 0 Å². The molecule has 0 radical (unpaired) electrons. The molecule has 10 nitrogen and oxygen atoms in total. The van der Waals surface area contributed by atoms with Gasteiger partial charge in [0.05, 0.1) is 5.52 Å². The molecule has 4 aliphatic rings. The summed E-state index contributed by atoms with van der Waals surface area (Å²) < 4.78 is 2.29. The maximum Gasteiger partial charge on any atom is 0.248 e. The summed E-state index contributed by atoms with van der Waals surface area (Å²) in [4.78, 5) is 56.1. The van der Waals surface area contributed by atoms with Crippen molar-refractivity contribution in [3.63, 3.8) is 0 Å². The van der Waals surface area contributed by atoms with Crippen LogP contribution in [0.15, 0.2) is 41.3 Å². The Balaban J connectivity index is 1.10. The number of anilines is 1. The Morgan fingerprint density at radius 2 is 1.72 bits per heavy atom. The Hall–Kier alpha value is -3.99. The van der Waals surface area contributed by atoms with E-state index in [1.165, 1.54) is 32.6 Å². The number of nitrogens with one attached hydrogen (secondary N) is 1. The number of fused-ring (bicyclic) bond motifs is 2. The lowest BCUT2D eigenvalue weighted by Gasteiger charge is -2.38. The van der Waals surface area contributed by atoms with Crippen molar-refractivity contribution in [3.05, 3.63) is 63.9 Å². The number of amides is 2. The number of aryl methyl sites for hydroxylation is 3. The third-order valence-corrected chi connectivity index (χ3v) is 11.6. The van der Waals surface area contributed by atoms with Gasteiger partial charge >= 0.3 is 0 Å². The summed E-state index contributed by atoms with van der Waals surface area (Å²) in [6.45, 7) is 7.14. The van der Waals surface area contributed by atoms with Gasteiger partial charge in [-0.05, 0) is 133 Å². The average molecular weight is 697 g/mol. The van der Waals surface area contributed by atoms with Crippen molar-refractivity contribution < 1.29 is 14.4 Å². The summed E-state index contributed by atoms with van der Waals surface area (Å²) in [7, 11) is 0. The Morgan fingerprint density at radius 1 is 0.979 bits per heavy atom. The molecule has 1 aliphatic heterocycles. The van der Waals surface area contributed by atoms with Gasteiger partial charge in [-0.1, -0.05) is 6.07 Å². The van der Waals surface area contributed by atoms with Crippen LogP contribution in [-0.2, 0) is 16.1 Å². The standard InChI is InChI=1S/C36H38BrN7O3/c1-19-5-6-29(37)40-33(19)41-34(47)27-14-36(13-23-11-35(12-23)7-8-35)15-28(36)44(27)30(46)18-43-32-20(2)9-24(25-16-38-22(4)39-17-25)10-26(32)31(42-43)21(3)45/h5-6,9-10,16-17,23,27-28H,7-8,11-15,18H2,1-4H3,(H,40,41,47)/t27-,28+,36-/m0/s1. The molecule has 3 saturated carbocycles. The number of pyridine rings is 1. The number of nitrogens with zero attached hydrogens (tertiary/aromatic N) is 6. The van der Waals surface area contributed by atoms with Crippen LogP contribution in [0.1, 0.15) is 79.3 Å². The van der Waals surface area contributed by atoms with Crippen LogP contribution in [0, 0.1) is 37.5 Å². The number of piperidine rings is 1. The first-order valence-electron chi connectivity index (χ1n) is 16.5. The van der Waals surface area contributed by atoms with Gasteiger partial charge in [-0.2, -0.15) is 5.10 Å². The lowest BCUT2D eigenvalue weighted by Crippen LogP contribution is -2.47. The first kappa shape index (κ1) is 30.4. The molecule has 242 valence electrons. The number of rotatable bonds is 8. The van der Waals surface area contributed by atoms with Crippen LogP contribution in [0.4, 0.5) is 5.82 Å². The topological polar surface area (TPSA) is 123 Å². The molecule has 4 heterocycles. The van der Waals surface area contributed by atoms with Crippen LogP contribution in [0.5, 0.6) is 0 Å². The molecule has 3 aromatic heterocycles. The molecule has 0 unspecified atom stereocenters. The molecule has 3 atom stereocenters. The molecule has 1 spiro atoms. The zero-order valence-corrected chi connectivity index (χ0v) is 28.7. The van der Waals surface area contributed by atoms with E-state index >= 15 is 0 Å². The fourth-order valence-electron chi connectivity index (χ4n) is 8.63. The number of carbonyl (C=O) groups excluding carboxylic acids is 3. The Bertz CT molecular complexity index is 1980. The zero-order chi connectivity index (χ0) is 32.8. The first-order valence-corrected chi connectivity index (χ1v) is 17.3. The summed E-state index contributed by atoms with van der Waals surface area (Å²) in [5.74, 6) is 1.31. The van der Waals surface area contributed by atoms with Crippen molar-refractivity contribution in [3.8, 4) is 11.1 Å². The molecule has 1 saturated heterocycles. The molecule has 2 amide bonds. The van der Waals surface area contributed by atoms with E-state index in [1.807, 2.05) is 49.9 Å². The minimum atomic E-state index is -0.597. The lowest BCUT2D eigenvalue weighted by atomic mass is 9.67. The SMILES string of the molecule is CC(=O)c1nn(CC(=O)N2[C@H](C(=O)Nc3nc(Br)ccc3C)C[C@@]3(CC4CC5(CC5)C4)C[C@@H]23)c2c(C)cc(-c3cnc(C)nc3)cc12. The summed E-state index contributed by atoms with van der Waals surface area (Å²) in [5.41, 5.74) is 5.10. The number of aromatic nitrogens is 5. The predicted octanol–water partition coefficient (Wildman–Crippen LogP) is 6.36. The van der Waals surface area contributed by atoms with E-state index in [0.29, 0.717) is 45.1 Å². The molecule has 1 N–H and O–H groups in total. The van der Waals surface area contributed by atoms with Gasteiger partial charge in [0.25, 0.3) is 0 Å². The van der Waals surface area contributed by atoms with E-state index in [2.05, 4.69) is 36.2 Å². The number of benzene rings is 1. The van der Waals surface area contributed by atoms with Crippen molar-refractivity contribution in [2.45, 2.75) is 91.3 Å². The highest BCUT2D eigenvalue weighted by atomic mass is 79.9. The first-order chi connectivity index (χ1) is 22.4. The quantitative estimate of drug-likeness (QED) is 0.168. The lowest BCUT2D eigenvalue weighted by molar-refractivity contribution is -0.138. The molecule has 4 fully saturated rings. The smallest absolute Gasteiger partial charge is 0.248 e.